The molecule has 1 fully saturated rings. The van der Waals surface area contributed by atoms with E-state index >= 15 is 0 Å². The van der Waals surface area contributed by atoms with E-state index in [2.05, 4.69) is 31.9 Å². The van der Waals surface area contributed by atoms with E-state index in [1.807, 2.05) is 0 Å². The van der Waals surface area contributed by atoms with E-state index in [4.69, 9.17) is 0 Å². The first kappa shape index (κ1) is 9.00. The summed E-state index contributed by atoms with van der Waals surface area (Å²) in [5.41, 5.74) is 0. The Morgan fingerprint density at radius 2 is 1.90 bits per heavy atom. The SMILES string of the molecule is CC1C(Br)C(Br)CS1(=O)=O. The van der Waals surface area contributed by atoms with Gasteiger partial charge < -0.3 is 0 Å². The first-order valence-corrected chi connectivity index (χ1v) is 6.49. The Bertz CT molecular complexity index is 224. The number of halogens is 2. The lowest BCUT2D eigenvalue weighted by Crippen LogP contribution is -2.19. The molecule has 0 aromatic heterocycles. The molecule has 0 saturated carbocycles. The molecule has 1 aliphatic rings. The van der Waals surface area contributed by atoms with Crippen LogP contribution in [0.1, 0.15) is 6.92 Å². The summed E-state index contributed by atoms with van der Waals surface area (Å²) >= 11 is 6.61. The van der Waals surface area contributed by atoms with Gasteiger partial charge in [0.25, 0.3) is 0 Å². The van der Waals surface area contributed by atoms with Crippen LogP contribution in [-0.4, -0.2) is 29.1 Å². The predicted octanol–water partition coefficient (Wildman–Crippen LogP) is 1.33. The van der Waals surface area contributed by atoms with Gasteiger partial charge in [0.15, 0.2) is 9.84 Å². The molecule has 0 spiro atoms. The zero-order valence-corrected chi connectivity index (χ0v) is 9.41. The standard InChI is InChI=1S/C5H8Br2O2S/c1-3-5(7)4(6)2-10(3,8)9/h3-5H,2H2,1H3. The zero-order valence-electron chi connectivity index (χ0n) is 5.42. The van der Waals surface area contributed by atoms with Crippen molar-refractivity contribution in [3.63, 3.8) is 0 Å². The van der Waals surface area contributed by atoms with Crippen molar-refractivity contribution in [3.8, 4) is 0 Å². The van der Waals surface area contributed by atoms with Gasteiger partial charge in [-0.25, -0.2) is 8.42 Å². The third-order valence-electron chi connectivity index (χ3n) is 1.75. The molecule has 0 N–H and O–H groups in total. The Balaban J connectivity index is 2.93. The van der Waals surface area contributed by atoms with Crippen LogP contribution in [0.25, 0.3) is 0 Å². The van der Waals surface area contributed by atoms with Crippen LogP contribution >= 0.6 is 31.9 Å². The van der Waals surface area contributed by atoms with Gasteiger partial charge in [0, 0.05) is 9.65 Å². The molecule has 3 atom stereocenters. The fourth-order valence-corrected chi connectivity index (χ4v) is 5.68. The van der Waals surface area contributed by atoms with Crippen LogP contribution in [0.2, 0.25) is 0 Å². The third kappa shape index (κ3) is 1.41. The quantitative estimate of drug-likeness (QED) is 0.631. The molecule has 10 heavy (non-hydrogen) atoms. The Hall–Kier alpha value is 0.910. The molecule has 0 aliphatic carbocycles. The molecule has 2 nitrogen and oxygen atoms in total. The van der Waals surface area contributed by atoms with Crippen molar-refractivity contribution in [1.82, 2.24) is 0 Å². The van der Waals surface area contributed by atoms with Crippen molar-refractivity contribution in [1.29, 1.82) is 0 Å². The molecule has 0 aromatic carbocycles. The summed E-state index contributed by atoms with van der Waals surface area (Å²) in [6.07, 6.45) is 0. The first-order chi connectivity index (χ1) is 4.45. The molecule has 1 heterocycles. The lowest BCUT2D eigenvalue weighted by Gasteiger charge is -2.06. The van der Waals surface area contributed by atoms with Gasteiger partial charge in [-0.3, -0.25) is 0 Å². The molecule has 0 bridgehead atoms. The van der Waals surface area contributed by atoms with Crippen LogP contribution in [0, 0.1) is 0 Å². The topological polar surface area (TPSA) is 34.1 Å². The summed E-state index contributed by atoms with van der Waals surface area (Å²) in [4.78, 5) is 0.144. The van der Waals surface area contributed by atoms with Crippen molar-refractivity contribution >= 4 is 41.7 Å². The molecule has 1 rings (SSSR count). The Kier molecular flexibility index (Phi) is 2.48. The second-order valence-electron chi connectivity index (χ2n) is 2.50. The summed E-state index contributed by atoms with van der Waals surface area (Å²) in [6.45, 7) is 1.73. The van der Waals surface area contributed by atoms with E-state index in [-0.39, 0.29) is 20.7 Å². The van der Waals surface area contributed by atoms with Gasteiger partial charge >= 0.3 is 0 Å². The summed E-state index contributed by atoms with van der Waals surface area (Å²) in [5, 5.41) is -0.253. The molecule has 0 amide bonds. The molecule has 0 radical (unpaired) electrons. The maximum Gasteiger partial charge on any atom is 0.155 e. The number of alkyl halides is 2. The Morgan fingerprint density at radius 1 is 1.40 bits per heavy atom. The lowest BCUT2D eigenvalue weighted by atomic mass is 10.3. The number of hydrogen-bond acceptors (Lipinski definition) is 2. The fraction of sp³-hybridized carbons (Fsp3) is 1.00. The van der Waals surface area contributed by atoms with Gasteiger partial charge in [0.1, 0.15) is 0 Å². The van der Waals surface area contributed by atoms with Crippen LogP contribution in [0.4, 0.5) is 0 Å². The molecule has 5 heteroatoms. The van der Waals surface area contributed by atoms with Gasteiger partial charge in [0.2, 0.25) is 0 Å². The minimum absolute atomic E-state index is 0.0671. The molecule has 1 saturated heterocycles. The maximum absolute atomic E-state index is 11.1. The first-order valence-electron chi connectivity index (χ1n) is 2.95. The van der Waals surface area contributed by atoms with Crippen LogP contribution < -0.4 is 0 Å². The highest BCUT2D eigenvalue weighted by Gasteiger charge is 2.41. The van der Waals surface area contributed by atoms with E-state index < -0.39 is 9.84 Å². The van der Waals surface area contributed by atoms with Gasteiger partial charge in [-0.15, -0.1) is 0 Å². The number of sulfone groups is 1. The minimum atomic E-state index is -2.82. The minimum Gasteiger partial charge on any atom is -0.228 e. The maximum atomic E-state index is 11.1. The van der Waals surface area contributed by atoms with Gasteiger partial charge in [-0.2, -0.15) is 0 Å². The normalized spacial score (nSPS) is 45.7. The molecular formula is C5H8Br2O2S. The van der Waals surface area contributed by atoms with Crippen molar-refractivity contribution in [3.05, 3.63) is 0 Å². The molecular weight excluding hydrogens is 284 g/mol. The monoisotopic (exact) mass is 290 g/mol. The second-order valence-corrected chi connectivity index (χ2v) is 7.13. The summed E-state index contributed by atoms with van der Waals surface area (Å²) in [6, 6.07) is 0. The molecule has 60 valence electrons. The lowest BCUT2D eigenvalue weighted by molar-refractivity contribution is 0.594. The van der Waals surface area contributed by atoms with Crippen LogP contribution in [0.15, 0.2) is 0 Å². The number of hydrogen-bond donors (Lipinski definition) is 0. The summed E-state index contributed by atoms with van der Waals surface area (Å²) < 4.78 is 22.2. The highest BCUT2D eigenvalue weighted by molar-refractivity contribution is 9.12. The zero-order chi connectivity index (χ0) is 7.94. The fourth-order valence-electron chi connectivity index (χ4n) is 0.958. The van der Waals surface area contributed by atoms with E-state index in [0.29, 0.717) is 0 Å². The van der Waals surface area contributed by atoms with Gasteiger partial charge in [-0.1, -0.05) is 31.9 Å². The van der Waals surface area contributed by atoms with E-state index in [9.17, 15) is 8.42 Å². The van der Waals surface area contributed by atoms with Crippen molar-refractivity contribution in [2.45, 2.75) is 21.8 Å². The van der Waals surface area contributed by atoms with Crippen LogP contribution in [0.5, 0.6) is 0 Å². The summed E-state index contributed by atoms with van der Waals surface area (Å²) in [7, 11) is -2.82. The van der Waals surface area contributed by atoms with Gasteiger partial charge in [0.05, 0.1) is 11.0 Å². The van der Waals surface area contributed by atoms with E-state index in [0.717, 1.165) is 0 Å². The molecule has 1 aliphatic heterocycles. The van der Waals surface area contributed by atoms with Crippen molar-refractivity contribution in [2.24, 2.45) is 0 Å². The Morgan fingerprint density at radius 3 is 2.00 bits per heavy atom. The van der Waals surface area contributed by atoms with E-state index in [1.54, 1.807) is 6.92 Å². The third-order valence-corrected chi connectivity index (χ3v) is 7.81. The van der Waals surface area contributed by atoms with Crippen LogP contribution in [0.3, 0.4) is 0 Å². The van der Waals surface area contributed by atoms with Gasteiger partial charge in [-0.05, 0) is 6.92 Å². The van der Waals surface area contributed by atoms with Crippen molar-refractivity contribution < 1.29 is 8.42 Å². The predicted molar refractivity (Wildman–Crippen MR) is 48.7 cm³/mol. The summed E-state index contributed by atoms with van der Waals surface area (Å²) in [5.74, 6) is 0.254. The molecule has 3 unspecified atom stereocenters. The van der Waals surface area contributed by atoms with E-state index in [1.165, 1.54) is 0 Å². The van der Waals surface area contributed by atoms with Crippen LogP contribution in [-0.2, 0) is 9.84 Å². The average Bonchev–Trinajstić information content (AvgIpc) is 1.95. The highest BCUT2D eigenvalue weighted by atomic mass is 79.9. The number of rotatable bonds is 0. The highest BCUT2D eigenvalue weighted by Crippen LogP contribution is 2.31. The molecule has 0 aromatic rings. The largest absolute Gasteiger partial charge is 0.228 e. The smallest absolute Gasteiger partial charge is 0.155 e. The Labute approximate surface area is 77.6 Å². The average molecular weight is 292 g/mol. The van der Waals surface area contributed by atoms with Crippen molar-refractivity contribution in [2.75, 3.05) is 5.75 Å². The second kappa shape index (κ2) is 2.75.